The van der Waals surface area contributed by atoms with E-state index in [0.717, 1.165) is 24.7 Å². The predicted molar refractivity (Wildman–Crippen MR) is 111 cm³/mol. The number of benzene rings is 1. The lowest BCUT2D eigenvalue weighted by Gasteiger charge is -2.17. The van der Waals surface area contributed by atoms with Crippen molar-refractivity contribution in [3.63, 3.8) is 0 Å². The van der Waals surface area contributed by atoms with Crippen LogP contribution in [0.4, 0.5) is 5.69 Å². The fraction of sp³-hybridized carbons (Fsp3) is 0.611. The maximum absolute atomic E-state index is 6.01. The molecule has 1 fully saturated rings. The number of nitrogens with two attached hydrogens (primary N) is 1. The van der Waals surface area contributed by atoms with Crippen LogP contribution in [-0.4, -0.2) is 37.0 Å². The number of hydrogen-bond acceptors (Lipinski definition) is 2. The fourth-order valence-corrected chi connectivity index (χ4v) is 2.98. The Labute approximate surface area is 157 Å². The van der Waals surface area contributed by atoms with Gasteiger partial charge in [-0.05, 0) is 61.9 Å². The first-order valence-electron chi connectivity index (χ1n) is 8.30. The van der Waals surface area contributed by atoms with Crippen molar-refractivity contribution in [3.05, 3.63) is 29.3 Å². The van der Waals surface area contributed by atoms with E-state index in [9.17, 15) is 0 Å². The molecule has 23 heavy (non-hydrogen) atoms. The Balaban J connectivity index is 0.00000264. The van der Waals surface area contributed by atoms with Crippen LogP contribution in [0, 0.1) is 25.7 Å². The number of aryl methyl sites for hydroxylation is 2. The number of likely N-dealkylation sites (tertiary alicyclic amines) is 1. The van der Waals surface area contributed by atoms with Crippen molar-refractivity contribution in [2.45, 2.75) is 34.1 Å². The molecule has 2 rings (SSSR count). The molecule has 1 unspecified atom stereocenters. The number of halogens is 1. The summed E-state index contributed by atoms with van der Waals surface area (Å²) in [5, 5.41) is 3.19. The lowest BCUT2D eigenvalue weighted by molar-refractivity contribution is 0.288. The highest BCUT2D eigenvalue weighted by molar-refractivity contribution is 14.0. The quantitative estimate of drug-likeness (QED) is 0.426. The van der Waals surface area contributed by atoms with Crippen LogP contribution in [0.25, 0.3) is 0 Å². The maximum Gasteiger partial charge on any atom is 0.193 e. The molecule has 1 aromatic rings. The van der Waals surface area contributed by atoms with Gasteiger partial charge < -0.3 is 16.0 Å². The van der Waals surface area contributed by atoms with E-state index in [-0.39, 0.29) is 24.0 Å². The summed E-state index contributed by atoms with van der Waals surface area (Å²) in [4.78, 5) is 7.06. The third kappa shape index (κ3) is 6.67. The fourth-order valence-electron chi connectivity index (χ4n) is 2.98. The molecule has 0 bridgehead atoms. The number of rotatable bonds is 5. The van der Waals surface area contributed by atoms with Crippen molar-refractivity contribution in [1.29, 1.82) is 0 Å². The van der Waals surface area contributed by atoms with Gasteiger partial charge in [0.05, 0.1) is 0 Å². The minimum atomic E-state index is 0. The molecule has 4 nitrogen and oxygen atoms in total. The Bertz CT molecular complexity index is 528. The SMILES string of the molecule is Cc1ccc(NC(N)=NCC2CCN(CC(C)C)C2)cc1C.I. The van der Waals surface area contributed by atoms with Gasteiger partial charge in [-0.2, -0.15) is 0 Å². The zero-order valence-corrected chi connectivity index (χ0v) is 17.1. The predicted octanol–water partition coefficient (Wildman–Crippen LogP) is 3.63. The molecule has 130 valence electrons. The molecule has 1 aliphatic rings. The second-order valence-corrected chi connectivity index (χ2v) is 6.96. The zero-order chi connectivity index (χ0) is 16.1. The third-order valence-electron chi connectivity index (χ3n) is 4.29. The molecule has 0 saturated carbocycles. The van der Waals surface area contributed by atoms with Gasteiger partial charge in [-0.1, -0.05) is 19.9 Å². The van der Waals surface area contributed by atoms with Gasteiger partial charge in [-0.25, -0.2) is 0 Å². The lowest BCUT2D eigenvalue weighted by atomic mass is 10.1. The summed E-state index contributed by atoms with van der Waals surface area (Å²) in [7, 11) is 0. The molecular weight excluding hydrogens is 399 g/mol. The maximum atomic E-state index is 6.01. The molecule has 0 spiro atoms. The van der Waals surface area contributed by atoms with E-state index in [0.29, 0.717) is 11.9 Å². The highest BCUT2D eigenvalue weighted by Crippen LogP contribution is 2.18. The Hall–Kier alpha value is -0.820. The molecule has 1 aliphatic heterocycles. The van der Waals surface area contributed by atoms with E-state index in [1.54, 1.807) is 0 Å². The molecule has 0 amide bonds. The van der Waals surface area contributed by atoms with Crippen LogP contribution in [0.3, 0.4) is 0 Å². The van der Waals surface area contributed by atoms with Gasteiger partial charge in [0.15, 0.2) is 5.96 Å². The second kappa shape index (κ2) is 9.47. The average Bonchev–Trinajstić information content (AvgIpc) is 2.87. The number of nitrogens with one attached hydrogen (secondary N) is 1. The highest BCUT2D eigenvalue weighted by Gasteiger charge is 2.22. The molecule has 5 heteroatoms. The first kappa shape index (κ1) is 20.2. The normalized spacial score (nSPS) is 19.0. The number of anilines is 1. The van der Waals surface area contributed by atoms with Gasteiger partial charge >= 0.3 is 0 Å². The summed E-state index contributed by atoms with van der Waals surface area (Å²) < 4.78 is 0. The summed E-state index contributed by atoms with van der Waals surface area (Å²) >= 11 is 0. The summed E-state index contributed by atoms with van der Waals surface area (Å²) in [6.07, 6.45) is 1.23. The van der Waals surface area contributed by atoms with Gasteiger partial charge in [-0.3, -0.25) is 4.99 Å². The second-order valence-electron chi connectivity index (χ2n) is 6.96. The van der Waals surface area contributed by atoms with E-state index in [1.165, 1.54) is 30.6 Å². The van der Waals surface area contributed by atoms with Gasteiger partial charge in [0.1, 0.15) is 0 Å². The van der Waals surface area contributed by atoms with Crippen LogP contribution >= 0.6 is 24.0 Å². The molecule has 1 aromatic carbocycles. The topological polar surface area (TPSA) is 53.6 Å². The van der Waals surface area contributed by atoms with Gasteiger partial charge in [0.25, 0.3) is 0 Å². The van der Waals surface area contributed by atoms with E-state index in [4.69, 9.17) is 5.73 Å². The summed E-state index contributed by atoms with van der Waals surface area (Å²) in [6.45, 7) is 13.1. The summed E-state index contributed by atoms with van der Waals surface area (Å²) in [5.41, 5.74) is 9.58. The number of hydrogen-bond donors (Lipinski definition) is 2. The average molecular weight is 430 g/mol. The monoisotopic (exact) mass is 430 g/mol. The van der Waals surface area contributed by atoms with Crippen LogP contribution in [0.15, 0.2) is 23.2 Å². The molecule has 1 atom stereocenters. The Morgan fingerprint density at radius 3 is 2.74 bits per heavy atom. The molecule has 0 aliphatic carbocycles. The van der Waals surface area contributed by atoms with Crippen molar-refractivity contribution < 1.29 is 0 Å². The first-order chi connectivity index (χ1) is 10.4. The van der Waals surface area contributed by atoms with Crippen LogP contribution in [0.5, 0.6) is 0 Å². The summed E-state index contributed by atoms with van der Waals surface area (Å²) in [5.74, 6) is 1.89. The van der Waals surface area contributed by atoms with Crippen LogP contribution in [0.2, 0.25) is 0 Å². The van der Waals surface area contributed by atoms with Crippen molar-refractivity contribution in [2.75, 3.05) is 31.5 Å². The Morgan fingerprint density at radius 2 is 2.09 bits per heavy atom. The Morgan fingerprint density at radius 1 is 1.35 bits per heavy atom. The molecular formula is C18H31IN4. The lowest BCUT2D eigenvalue weighted by Crippen LogP contribution is -2.27. The Kier molecular flexibility index (Phi) is 8.33. The molecule has 1 saturated heterocycles. The van der Waals surface area contributed by atoms with Crippen molar-refractivity contribution in [1.82, 2.24) is 4.90 Å². The van der Waals surface area contributed by atoms with E-state index in [1.807, 2.05) is 6.07 Å². The number of nitrogens with zero attached hydrogens (tertiary/aromatic N) is 2. The van der Waals surface area contributed by atoms with Gasteiger partial charge in [0.2, 0.25) is 0 Å². The first-order valence-corrected chi connectivity index (χ1v) is 8.30. The van der Waals surface area contributed by atoms with Gasteiger partial charge in [-0.15, -0.1) is 24.0 Å². The minimum absolute atomic E-state index is 0. The molecule has 0 radical (unpaired) electrons. The number of aliphatic imine (C=N–C) groups is 1. The minimum Gasteiger partial charge on any atom is -0.370 e. The van der Waals surface area contributed by atoms with Crippen molar-refractivity contribution >= 4 is 35.6 Å². The van der Waals surface area contributed by atoms with E-state index >= 15 is 0 Å². The summed E-state index contributed by atoms with van der Waals surface area (Å²) in [6, 6.07) is 6.26. The van der Waals surface area contributed by atoms with Crippen LogP contribution in [-0.2, 0) is 0 Å². The van der Waals surface area contributed by atoms with Crippen LogP contribution in [0.1, 0.15) is 31.4 Å². The smallest absolute Gasteiger partial charge is 0.193 e. The van der Waals surface area contributed by atoms with E-state index in [2.05, 4.69) is 55.0 Å². The molecule has 0 aromatic heterocycles. The van der Waals surface area contributed by atoms with Crippen molar-refractivity contribution in [2.24, 2.45) is 22.6 Å². The van der Waals surface area contributed by atoms with E-state index < -0.39 is 0 Å². The zero-order valence-electron chi connectivity index (χ0n) is 14.8. The molecule has 3 N–H and O–H groups in total. The largest absolute Gasteiger partial charge is 0.370 e. The number of guanidine groups is 1. The highest BCUT2D eigenvalue weighted by atomic mass is 127. The van der Waals surface area contributed by atoms with Crippen molar-refractivity contribution in [3.8, 4) is 0 Å². The van der Waals surface area contributed by atoms with Crippen LogP contribution < -0.4 is 11.1 Å². The standard InChI is InChI=1S/C18H30N4.HI/c1-13(2)11-22-8-7-16(12-22)10-20-18(19)21-17-6-5-14(3)15(4)9-17;/h5-6,9,13,16H,7-8,10-12H2,1-4H3,(H3,19,20,21);1H. The van der Waals surface area contributed by atoms with Gasteiger partial charge in [0, 0.05) is 25.3 Å². The third-order valence-corrected chi connectivity index (χ3v) is 4.29. The molecule has 1 heterocycles.